The fourth-order valence-corrected chi connectivity index (χ4v) is 3.29. The Morgan fingerprint density at radius 1 is 1.14 bits per heavy atom. The number of benzene rings is 2. The third kappa shape index (κ3) is 4.02. The Morgan fingerprint density at radius 2 is 1.86 bits per heavy atom. The van der Waals surface area contributed by atoms with Gasteiger partial charge in [-0.2, -0.15) is 0 Å². The van der Waals surface area contributed by atoms with Crippen molar-refractivity contribution < 1.29 is 14.3 Å². The van der Waals surface area contributed by atoms with Crippen LogP contribution >= 0.6 is 12.2 Å². The van der Waals surface area contributed by atoms with E-state index in [1.165, 1.54) is 10.5 Å². The Bertz CT molecular complexity index is 920. The Kier molecular flexibility index (Phi) is 5.99. The first kappa shape index (κ1) is 19.9. The number of nitrogens with zero attached hydrogens (tertiary/aromatic N) is 1. The summed E-state index contributed by atoms with van der Waals surface area (Å²) in [6, 6.07) is 13.4. The van der Waals surface area contributed by atoms with Crippen LogP contribution in [0.1, 0.15) is 37.8 Å². The highest BCUT2D eigenvalue weighted by Crippen LogP contribution is 2.30. The number of carbonyl (C=O) groups is 1. The van der Waals surface area contributed by atoms with Crippen molar-refractivity contribution in [2.24, 2.45) is 0 Å². The maximum atomic E-state index is 12.9. The fourth-order valence-electron chi connectivity index (χ4n) is 2.99. The van der Waals surface area contributed by atoms with Crippen molar-refractivity contribution in [3.05, 3.63) is 59.3 Å². The van der Waals surface area contributed by atoms with Gasteiger partial charge < -0.3 is 14.8 Å². The molecule has 0 atom stereocenters. The summed E-state index contributed by atoms with van der Waals surface area (Å²) in [7, 11) is 1.59. The SMILES string of the molecule is CCOc1ccc(/C=C2\NC(=S)N(c3ccc(C(C)C)cc3)C2=O)cc1OC. The number of thiocarbonyl (C=S) groups is 1. The third-order valence-corrected chi connectivity index (χ3v) is 4.78. The van der Waals surface area contributed by atoms with E-state index in [1.54, 1.807) is 13.2 Å². The van der Waals surface area contributed by atoms with Gasteiger partial charge >= 0.3 is 0 Å². The molecule has 2 aromatic carbocycles. The van der Waals surface area contributed by atoms with Crippen LogP contribution in [0.4, 0.5) is 5.69 Å². The predicted molar refractivity (Wildman–Crippen MR) is 116 cm³/mol. The number of hydrogen-bond donors (Lipinski definition) is 1. The fraction of sp³-hybridized carbons (Fsp3) is 0.273. The van der Waals surface area contributed by atoms with E-state index in [9.17, 15) is 4.79 Å². The zero-order valence-electron chi connectivity index (χ0n) is 16.5. The van der Waals surface area contributed by atoms with Crippen molar-refractivity contribution in [2.75, 3.05) is 18.6 Å². The van der Waals surface area contributed by atoms with Gasteiger partial charge in [-0.1, -0.05) is 32.0 Å². The Labute approximate surface area is 170 Å². The van der Waals surface area contributed by atoms with Crippen molar-refractivity contribution in [3.63, 3.8) is 0 Å². The zero-order valence-corrected chi connectivity index (χ0v) is 17.3. The lowest BCUT2D eigenvalue weighted by atomic mass is 10.0. The molecule has 1 aliphatic rings. The molecule has 0 radical (unpaired) electrons. The van der Waals surface area contributed by atoms with Crippen molar-refractivity contribution in [1.82, 2.24) is 5.32 Å². The van der Waals surface area contributed by atoms with Gasteiger partial charge in [0.1, 0.15) is 5.70 Å². The minimum Gasteiger partial charge on any atom is -0.493 e. The maximum Gasteiger partial charge on any atom is 0.281 e. The maximum absolute atomic E-state index is 12.9. The summed E-state index contributed by atoms with van der Waals surface area (Å²) in [6.07, 6.45) is 1.76. The number of hydrogen-bond acceptors (Lipinski definition) is 4. The van der Waals surface area contributed by atoms with E-state index in [-0.39, 0.29) is 5.91 Å². The van der Waals surface area contributed by atoms with E-state index >= 15 is 0 Å². The van der Waals surface area contributed by atoms with Gasteiger partial charge in [0.05, 0.1) is 19.4 Å². The second-order valence-corrected chi connectivity index (χ2v) is 7.10. The topological polar surface area (TPSA) is 50.8 Å². The molecule has 0 aromatic heterocycles. The van der Waals surface area contributed by atoms with Crippen LogP contribution in [-0.4, -0.2) is 24.7 Å². The molecule has 28 heavy (non-hydrogen) atoms. The molecular formula is C22H24N2O3S. The molecule has 1 saturated heterocycles. The van der Waals surface area contributed by atoms with Crippen LogP contribution in [0.2, 0.25) is 0 Å². The number of methoxy groups -OCH3 is 1. The van der Waals surface area contributed by atoms with Crippen molar-refractivity contribution in [2.45, 2.75) is 26.7 Å². The van der Waals surface area contributed by atoms with Crippen LogP contribution in [0.25, 0.3) is 6.08 Å². The highest BCUT2D eigenvalue weighted by atomic mass is 32.1. The van der Waals surface area contributed by atoms with E-state index in [0.717, 1.165) is 11.3 Å². The van der Waals surface area contributed by atoms with E-state index in [1.807, 2.05) is 49.4 Å². The molecule has 1 amide bonds. The lowest BCUT2D eigenvalue weighted by Gasteiger charge is -2.15. The van der Waals surface area contributed by atoms with Gasteiger partial charge in [0.15, 0.2) is 16.6 Å². The van der Waals surface area contributed by atoms with E-state index in [4.69, 9.17) is 21.7 Å². The second kappa shape index (κ2) is 8.44. The molecule has 1 fully saturated rings. The van der Waals surface area contributed by atoms with Crippen molar-refractivity contribution in [3.8, 4) is 11.5 Å². The van der Waals surface area contributed by atoms with Gasteiger partial charge in [-0.3, -0.25) is 9.69 Å². The molecule has 2 aromatic rings. The normalized spacial score (nSPS) is 15.3. The molecule has 0 aliphatic carbocycles. The Hall–Kier alpha value is -2.86. The monoisotopic (exact) mass is 396 g/mol. The second-order valence-electron chi connectivity index (χ2n) is 6.72. The molecule has 1 N–H and O–H groups in total. The number of nitrogens with one attached hydrogen (secondary N) is 1. The number of amides is 1. The molecule has 0 bridgehead atoms. The molecule has 1 heterocycles. The smallest absolute Gasteiger partial charge is 0.281 e. The van der Waals surface area contributed by atoms with E-state index in [0.29, 0.717) is 34.8 Å². The molecular weight excluding hydrogens is 372 g/mol. The van der Waals surface area contributed by atoms with Crippen molar-refractivity contribution in [1.29, 1.82) is 0 Å². The molecule has 0 spiro atoms. The van der Waals surface area contributed by atoms with Crippen LogP contribution in [0.15, 0.2) is 48.2 Å². The standard InChI is InChI=1S/C22H24N2O3S/c1-5-27-19-11-6-15(13-20(19)26-4)12-18-21(25)24(22(28)23-18)17-9-7-16(8-10-17)14(2)3/h6-14H,5H2,1-4H3,(H,23,28)/b18-12-. The van der Waals surface area contributed by atoms with E-state index in [2.05, 4.69) is 19.2 Å². The molecule has 1 aliphatic heterocycles. The quantitative estimate of drug-likeness (QED) is 0.576. The number of carbonyl (C=O) groups excluding carboxylic acids is 1. The average molecular weight is 397 g/mol. The highest BCUT2D eigenvalue weighted by molar-refractivity contribution is 7.80. The highest BCUT2D eigenvalue weighted by Gasteiger charge is 2.32. The summed E-state index contributed by atoms with van der Waals surface area (Å²) in [5, 5.41) is 3.38. The molecule has 5 nitrogen and oxygen atoms in total. The first-order valence-corrected chi connectivity index (χ1v) is 9.63. The van der Waals surface area contributed by atoms with Gasteiger partial charge in [0, 0.05) is 0 Å². The summed E-state index contributed by atoms with van der Waals surface area (Å²) in [5.74, 6) is 1.53. The average Bonchev–Trinajstić information content (AvgIpc) is 2.96. The molecule has 146 valence electrons. The minimum absolute atomic E-state index is 0.185. The van der Waals surface area contributed by atoms with Gasteiger partial charge in [-0.15, -0.1) is 0 Å². The summed E-state index contributed by atoms with van der Waals surface area (Å²) < 4.78 is 10.9. The van der Waals surface area contributed by atoms with Crippen LogP contribution in [0, 0.1) is 0 Å². The van der Waals surface area contributed by atoms with E-state index < -0.39 is 0 Å². The summed E-state index contributed by atoms with van der Waals surface area (Å²) >= 11 is 5.39. The Balaban J connectivity index is 1.86. The van der Waals surface area contributed by atoms with Gasteiger partial charge in [-0.05, 0) is 66.5 Å². The van der Waals surface area contributed by atoms with Crippen molar-refractivity contribution >= 4 is 35.0 Å². The minimum atomic E-state index is -0.185. The number of rotatable bonds is 6. The lowest BCUT2D eigenvalue weighted by molar-refractivity contribution is -0.113. The third-order valence-electron chi connectivity index (χ3n) is 4.49. The van der Waals surface area contributed by atoms with Gasteiger partial charge in [0.25, 0.3) is 5.91 Å². The molecule has 0 unspecified atom stereocenters. The lowest BCUT2D eigenvalue weighted by Crippen LogP contribution is -2.30. The number of anilines is 1. The summed E-state index contributed by atoms with van der Waals surface area (Å²) in [6.45, 7) is 6.73. The molecule has 0 saturated carbocycles. The molecule has 6 heteroatoms. The van der Waals surface area contributed by atoms with Crippen LogP contribution in [0.5, 0.6) is 11.5 Å². The molecule has 3 rings (SSSR count). The zero-order chi connectivity index (χ0) is 20.3. The summed E-state index contributed by atoms with van der Waals surface area (Å²) in [4.78, 5) is 14.4. The van der Waals surface area contributed by atoms with Gasteiger partial charge in [-0.25, -0.2) is 0 Å². The summed E-state index contributed by atoms with van der Waals surface area (Å²) in [5.41, 5.74) is 3.20. The van der Waals surface area contributed by atoms with Crippen LogP contribution in [-0.2, 0) is 4.79 Å². The predicted octanol–water partition coefficient (Wildman–Crippen LogP) is 4.48. The first-order chi connectivity index (χ1) is 13.4. The number of ether oxygens (including phenoxy) is 2. The van der Waals surface area contributed by atoms with Crippen LogP contribution < -0.4 is 19.7 Å². The Morgan fingerprint density at radius 3 is 2.46 bits per heavy atom. The largest absolute Gasteiger partial charge is 0.493 e. The van der Waals surface area contributed by atoms with Crippen LogP contribution in [0.3, 0.4) is 0 Å². The first-order valence-electron chi connectivity index (χ1n) is 9.22. The van der Waals surface area contributed by atoms with Gasteiger partial charge in [0.2, 0.25) is 0 Å².